The minimum absolute atomic E-state index is 0.148. The topological polar surface area (TPSA) is 49.7 Å². The van der Waals surface area contributed by atoms with Crippen molar-refractivity contribution in [1.82, 2.24) is 0 Å². The molecular formula is C6H10O3. The molecule has 0 fully saturated rings. The average molecular weight is 130 g/mol. The van der Waals surface area contributed by atoms with Gasteiger partial charge in [-0.15, -0.1) is 0 Å². The molecule has 0 heterocycles. The summed E-state index contributed by atoms with van der Waals surface area (Å²) in [5.74, 6) is 0.148. The van der Waals surface area contributed by atoms with Crippen LogP contribution in [0.3, 0.4) is 0 Å². The van der Waals surface area contributed by atoms with Crippen molar-refractivity contribution < 1.29 is 14.9 Å². The van der Waals surface area contributed by atoms with Gasteiger partial charge in [-0.05, 0) is 0 Å². The van der Waals surface area contributed by atoms with Crippen LogP contribution in [0, 0.1) is 0 Å². The fraction of sp³-hybridized carbons (Fsp3) is 0.333. The summed E-state index contributed by atoms with van der Waals surface area (Å²) in [5.41, 5.74) is 0. The summed E-state index contributed by atoms with van der Waals surface area (Å²) in [6.07, 6.45) is 2.25. The zero-order valence-electron chi connectivity index (χ0n) is 5.08. The zero-order chi connectivity index (χ0) is 7.11. The third-order valence-electron chi connectivity index (χ3n) is 0.686. The van der Waals surface area contributed by atoms with E-state index in [2.05, 4.69) is 6.58 Å². The summed E-state index contributed by atoms with van der Waals surface area (Å²) in [6, 6.07) is 0. The average Bonchev–Trinajstić information content (AvgIpc) is 1.91. The molecular weight excluding hydrogens is 120 g/mol. The van der Waals surface area contributed by atoms with Crippen molar-refractivity contribution in [2.24, 2.45) is 0 Å². The fourth-order valence-corrected chi connectivity index (χ4v) is 0.290. The Morgan fingerprint density at radius 1 is 1.67 bits per heavy atom. The zero-order valence-corrected chi connectivity index (χ0v) is 5.08. The lowest BCUT2D eigenvalue weighted by Gasteiger charge is -2.01. The molecule has 0 rings (SSSR count). The predicted octanol–water partition coefficient (Wildman–Crippen LogP) is 0.581. The van der Waals surface area contributed by atoms with Crippen molar-refractivity contribution in [3.63, 3.8) is 0 Å². The molecule has 3 nitrogen and oxygen atoms in total. The van der Waals surface area contributed by atoms with E-state index in [4.69, 9.17) is 14.9 Å². The molecule has 0 aromatic carbocycles. The van der Waals surface area contributed by atoms with Gasteiger partial charge in [-0.25, -0.2) is 0 Å². The molecule has 0 spiro atoms. The van der Waals surface area contributed by atoms with Crippen LogP contribution in [0.5, 0.6) is 0 Å². The van der Waals surface area contributed by atoms with E-state index in [0.717, 1.165) is 6.26 Å². The van der Waals surface area contributed by atoms with Gasteiger partial charge in [0.05, 0.1) is 0 Å². The largest absolute Gasteiger partial charge is 0.512 e. The molecule has 0 unspecified atom stereocenters. The first kappa shape index (κ1) is 8.04. The summed E-state index contributed by atoms with van der Waals surface area (Å²) in [5, 5.41) is 16.6. The van der Waals surface area contributed by atoms with Crippen LogP contribution in [0.15, 0.2) is 24.7 Å². The lowest BCUT2D eigenvalue weighted by molar-refractivity contribution is 0.172. The summed E-state index contributed by atoms with van der Waals surface area (Å²) >= 11 is 0. The number of rotatable bonds is 4. The molecule has 9 heavy (non-hydrogen) atoms. The predicted molar refractivity (Wildman–Crippen MR) is 33.9 cm³/mol. The lowest BCUT2D eigenvalue weighted by Crippen LogP contribution is -1.96. The molecule has 0 saturated heterocycles. The van der Waals surface area contributed by atoms with Gasteiger partial charge < -0.3 is 14.9 Å². The molecule has 2 N–H and O–H groups in total. The van der Waals surface area contributed by atoms with Gasteiger partial charge in [0.1, 0.15) is 19.5 Å². The maximum absolute atomic E-state index is 8.37. The van der Waals surface area contributed by atoms with Gasteiger partial charge in [-0.1, -0.05) is 12.7 Å². The highest BCUT2D eigenvalue weighted by Crippen LogP contribution is 1.92. The SMILES string of the molecule is C=CCOC(=CO)CO. The standard InChI is InChI=1S/C6H10O3/c1-2-3-9-6(4-7)5-8/h2,4,7-8H,1,3,5H2. The van der Waals surface area contributed by atoms with E-state index in [1.807, 2.05) is 0 Å². The highest BCUT2D eigenvalue weighted by atomic mass is 16.5. The third kappa shape index (κ3) is 3.61. The minimum Gasteiger partial charge on any atom is -0.512 e. The second-order valence-electron chi connectivity index (χ2n) is 1.35. The van der Waals surface area contributed by atoms with Crippen molar-refractivity contribution >= 4 is 0 Å². The molecule has 0 aliphatic rings. The Balaban J connectivity index is 3.44. The molecule has 0 aliphatic heterocycles. The van der Waals surface area contributed by atoms with Crippen LogP contribution < -0.4 is 0 Å². The van der Waals surface area contributed by atoms with Crippen molar-refractivity contribution in [2.45, 2.75) is 0 Å². The molecule has 0 bridgehead atoms. The molecule has 0 aromatic heterocycles. The van der Waals surface area contributed by atoms with Crippen molar-refractivity contribution in [1.29, 1.82) is 0 Å². The summed E-state index contributed by atoms with van der Waals surface area (Å²) in [6.45, 7) is 3.40. The summed E-state index contributed by atoms with van der Waals surface area (Å²) in [4.78, 5) is 0. The number of ether oxygens (including phenoxy) is 1. The third-order valence-corrected chi connectivity index (χ3v) is 0.686. The van der Waals surface area contributed by atoms with Gasteiger partial charge >= 0.3 is 0 Å². The van der Waals surface area contributed by atoms with Gasteiger partial charge in [-0.2, -0.15) is 0 Å². The monoisotopic (exact) mass is 130 g/mol. The fourth-order valence-electron chi connectivity index (χ4n) is 0.290. The van der Waals surface area contributed by atoms with E-state index in [9.17, 15) is 0 Å². The molecule has 0 aliphatic carbocycles. The van der Waals surface area contributed by atoms with E-state index >= 15 is 0 Å². The van der Waals surface area contributed by atoms with Crippen LogP contribution in [0.25, 0.3) is 0 Å². The molecule has 0 radical (unpaired) electrons. The second kappa shape index (κ2) is 5.18. The molecule has 0 saturated carbocycles. The molecule has 3 heteroatoms. The Labute approximate surface area is 53.9 Å². The number of hydrogen-bond acceptors (Lipinski definition) is 3. The quantitative estimate of drug-likeness (QED) is 0.432. The first-order valence-electron chi connectivity index (χ1n) is 2.53. The molecule has 0 amide bonds. The highest BCUT2D eigenvalue weighted by Gasteiger charge is 1.90. The van der Waals surface area contributed by atoms with Crippen LogP contribution in [0.4, 0.5) is 0 Å². The van der Waals surface area contributed by atoms with Crippen LogP contribution in [-0.4, -0.2) is 23.4 Å². The van der Waals surface area contributed by atoms with Gasteiger partial charge in [-0.3, -0.25) is 0 Å². The van der Waals surface area contributed by atoms with E-state index in [-0.39, 0.29) is 12.4 Å². The van der Waals surface area contributed by atoms with Gasteiger partial charge in [0, 0.05) is 0 Å². The summed E-state index contributed by atoms with van der Waals surface area (Å²) in [7, 11) is 0. The summed E-state index contributed by atoms with van der Waals surface area (Å²) < 4.78 is 4.73. The molecule has 52 valence electrons. The van der Waals surface area contributed by atoms with Crippen molar-refractivity contribution in [3.8, 4) is 0 Å². The van der Waals surface area contributed by atoms with Gasteiger partial charge in [0.25, 0.3) is 0 Å². The Morgan fingerprint density at radius 3 is 2.67 bits per heavy atom. The van der Waals surface area contributed by atoms with Crippen LogP contribution >= 0.6 is 0 Å². The molecule has 0 aromatic rings. The Hall–Kier alpha value is -0.960. The van der Waals surface area contributed by atoms with E-state index < -0.39 is 0 Å². The first-order valence-corrected chi connectivity index (χ1v) is 2.53. The first-order chi connectivity index (χ1) is 4.35. The number of hydrogen-bond donors (Lipinski definition) is 2. The minimum atomic E-state index is -0.287. The Kier molecular flexibility index (Phi) is 4.63. The highest BCUT2D eigenvalue weighted by molar-refractivity contribution is 4.86. The normalized spacial score (nSPS) is 11.0. The van der Waals surface area contributed by atoms with Crippen molar-refractivity contribution in [3.05, 3.63) is 24.7 Å². The number of aliphatic hydroxyl groups excluding tert-OH is 2. The van der Waals surface area contributed by atoms with Crippen molar-refractivity contribution in [2.75, 3.05) is 13.2 Å². The van der Waals surface area contributed by atoms with Crippen LogP contribution in [-0.2, 0) is 4.74 Å². The second-order valence-corrected chi connectivity index (χ2v) is 1.35. The number of aliphatic hydroxyl groups is 2. The van der Waals surface area contributed by atoms with E-state index in [1.54, 1.807) is 0 Å². The molecule has 0 atom stereocenters. The maximum Gasteiger partial charge on any atom is 0.156 e. The van der Waals surface area contributed by atoms with E-state index in [0.29, 0.717) is 6.61 Å². The Morgan fingerprint density at radius 2 is 2.33 bits per heavy atom. The Bertz CT molecular complexity index is 107. The maximum atomic E-state index is 8.37. The smallest absolute Gasteiger partial charge is 0.156 e. The van der Waals surface area contributed by atoms with Gasteiger partial charge in [0.15, 0.2) is 5.76 Å². The van der Waals surface area contributed by atoms with Crippen LogP contribution in [0.2, 0.25) is 0 Å². The van der Waals surface area contributed by atoms with Crippen LogP contribution in [0.1, 0.15) is 0 Å². The van der Waals surface area contributed by atoms with Gasteiger partial charge in [0.2, 0.25) is 0 Å². The lowest BCUT2D eigenvalue weighted by atomic mass is 10.6. The van der Waals surface area contributed by atoms with E-state index in [1.165, 1.54) is 6.08 Å².